The van der Waals surface area contributed by atoms with E-state index in [1.807, 2.05) is 0 Å². The van der Waals surface area contributed by atoms with Crippen LogP contribution in [-0.4, -0.2) is 25.0 Å². The van der Waals surface area contributed by atoms with Gasteiger partial charge in [-0.15, -0.1) is 0 Å². The van der Waals surface area contributed by atoms with Crippen LogP contribution in [0.25, 0.3) is 0 Å². The van der Waals surface area contributed by atoms with Gasteiger partial charge in [-0.25, -0.2) is 0 Å². The van der Waals surface area contributed by atoms with Crippen LogP contribution in [0.3, 0.4) is 0 Å². The minimum Gasteiger partial charge on any atom is -0.346 e. The van der Waals surface area contributed by atoms with E-state index in [-0.39, 0.29) is 11.4 Å². The SMILES string of the molecule is C[NH+](CC(=O)NC12CC3CC(CC(C3)C1)C2)Cc1ccsc1. The quantitative estimate of drug-likeness (QED) is 0.853. The maximum Gasteiger partial charge on any atom is 0.275 e. The molecule has 4 saturated carbocycles. The number of nitrogens with one attached hydrogen (secondary N) is 2. The number of amides is 1. The highest BCUT2D eigenvalue weighted by Gasteiger charge is 2.51. The van der Waals surface area contributed by atoms with Gasteiger partial charge in [-0.05, 0) is 73.1 Å². The maximum atomic E-state index is 12.5. The molecule has 1 heterocycles. The molecule has 0 aromatic carbocycles. The van der Waals surface area contributed by atoms with Crippen LogP contribution < -0.4 is 10.2 Å². The average Bonchev–Trinajstić information content (AvgIpc) is 2.88. The van der Waals surface area contributed by atoms with E-state index in [0.717, 1.165) is 24.3 Å². The third kappa shape index (κ3) is 2.95. The number of likely N-dealkylation sites (N-methyl/N-ethyl adjacent to an activating group) is 1. The standard InChI is InChI=1S/C18H26N2OS/c1-20(10-13-2-3-22-12-13)11-17(21)19-18-7-14-4-15(8-18)6-16(5-14)9-18/h2-3,12,14-16H,4-11H2,1H3,(H,19,21)/p+1. The molecular weight excluding hydrogens is 292 g/mol. The van der Waals surface area contributed by atoms with Crippen molar-refractivity contribution < 1.29 is 9.69 Å². The third-order valence-electron chi connectivity index (χ3n) is 5.99. The fourth-order valence-electron chi connectivity index (χ4n) is 5.68. The van der Waals surface area contributed by atoms with Crippen LogP contribution >= 0.6 is 11.3 Å². The van der Waals surface area contributed by atoms with Crippen LogP contribution in [0.15, 0.2) is 16.8 Å². The molecule has 4 bridgehead atoms. The van der Waals surface area contributed by atoms with Gasteiger partial charge in [0.25, 0.3) is 5.91 Å². The summed E-state index contributed by atoms with van der Waals surface area (Å²) in [5.74, 6) is 2.93. The molecule has 22 heavy (non-hydrogen) atoms. The third-order valence-corrected chi connectivity index (χ3v) is 6.72. The number of thiophene rings is 1. The molecule has 0 saturated heterocycles. The van der Waals surface area contributed by atoms with E-state index in [4.69, 9.17) is 0 Å². The van der Waals surface area contributed by atoms with Crippen LogP contribution in [0, 0.1) is 17.8 Å². The Morgan fingerprint density at radius 2 is 1.91 bits per heavy atom. The van der Waals surface area contributed by atoms with E-state index in [2.05, 4.69) is 29.2 Å². The fourth-order valence-corrected chi connectivity index (χ4v) is 6.35. The lowest BCUT2D eigenvalue weighted by Gasteiger charge is -2.56. The second kappa shape index (κ2) is 5.64. The van der Waals surface area contributed by atoms with Gasteiger partial charge in [0.2, 0.25) is 0 Å². The molecule has 0 aliphatic heterocycles. The predicted molar refractivity (Wildman–Crippen MR) is 88.8 cm³/mol. The summed E-state index contributed by atoms with van der Waals surface area (Å²) >= 11 is 1.73. The minimum atomic E-state index is 0.161. The number of quaternary nitrogens is 1. The van der Waals surface area contributed by atoms with Crippen LogP contribution in [0.2, 0.25) is 0 Å². The molecule has 120 valence electrons. The monoisotopic (exact) mass is 319 g/mol. The highest BCUT2D eigenvalue weighted by Crippen LogP contribution is 2.55. The van der Waals surface area contributed by atoms with Gasteiger partial charge >= 0.3 is 0 Å². The van der Waals surface area contributed by atoms with Crippen molar-refractivity contribution >= 4 is 17.2 Å². The summed E-state index contributed by atoms with van der Waals surface area (Å²) < 4.78 is 0. The zero-order chi connectivity index (χ0) is 15.2. The molecule has 5 rings (SSSR count). The van der Waals surface area contributed by atoms with Crippen molar-refractivity contribution in [1.82, 2.24) is 5.32 Å². The van der Waals surface area contributed by atoms with Gasteiger partial charge in [-0.1, -0.05) is 0 Å². The Morgan fingerprint density at radius 1 is 1.27 bits per heavy atom. The highest BCUT2D eigenvalue weighted by atomic mass is 32.1. The first kappa shape index (κ1) is 14.7. The molecule has 4 aliphatic carbocycles. The number of carbonyl (C=O) groups is 1. The first-order valence-electron chi connectivity index (χ1n) is 8.74. The molecule has 1 amide bonds. The van der Waals surface area contributed by atoms with Crippen molar-refractivity contribution in [3.63, 3.8) is 0 Å². The molecule has 1 aromatic rings. The zero-order valence-electron chi connectivity index (χ0n) is 13.4. The molecule has 0 radical (unpaired) electrons. The van der Waals surface area contributed by atoms with E-state index in [1.54, 1.807) is 11.3 Å². The Kier molecular flexibility index (Phi) is 3.77. The van der Waals surface area contributed by atoms with Crippen molar-refractivity contribution in [2.75, 3.05) is 13.6 Å². The summed E-state index contributed by atoms with van der Waals surface area (Å²) in [6.07, 6.45) is 8.02. The Hall–Kier alpha value is -0.870. The van der Waals surface area contributed by atoms with Gasteiger partial charge in [-0.3, -0.25) is 4.79 Å². The molecule has 0 spiro atoms. The number of carbonyl (C=O) groups excluding carboxylic acids is 1. The Bertz CT molecular complexity index is 504. The van der Waals surface area contributed by atoms with Crippen molar-refractivity contribution in [2.45, 2.75) is 50.6 Å². The minimum absolute atomic E-state index is 0.161. The topological polar surface area (TPSA) is 33.5 Å². The number of hydrogen-bond acceptors (Lipinski definition) is 2. The fraction of sp³-hybridized carbons (Fsp3) is 0.722. The molecular formula is C18H27N2OS+. The first-order valence-corrected chi connectivity index (χ1v) is 9.68. The van der Waals surface area contributed by atoms with Crippen molar-refractivity contribution in [3.8, 4) is 0 Å². The predicted octanol–water partition coefficient (Wildman–Crippen LogP) is 1.85. The molecule has 1 aromatic heterocycles. The smallest absolute Gasteiger partial charge is 0.275 e. The van der Waals surface area contributed by atoms with Crippen LogP contribution in [-0.2, 0) is 11.3 Å². The first-order chi connectivity index (χ1) is 10.6. The average molecular weight is 319 g/mol. The summed E-state index contributed by atoms with van der Waals surface area (Å²) in [7, 11) is 2.12. The van der Waals surface area contributed by atoms with Crippen molar-refractivity contribution in [3.05, 3.63) is 22.4 Å². The van der Waals surface area contributed by atoms with E-state index in [0.29, 0.717) is 6.54 Å². The summed E-state index contributed by atoms with van der Waals surface area (Å²) in [6, 6.07) is 2.16. The largest absolute Gasteiger partial charge is 0.346 e. The lowest BCUT2D eigenvalue weighted by atomic mass is 9.53. The zero-order valence-corrected chi connectivity index (χ0v) is 14.3. The molecule has 1 atom stereocenters. The molecule has 1 unspecified atom stereocenters. The second-order valence-corrected chi connectivity index (χ2v) is 8.97. The van der Waals surface area contributed by atoms with Gasteiger partial charge in [0.1, 0.15) is 6.54 Å². The Labute approximate surface area is 137 Å². The summed E-state index contributed by atoms with van der Waals surface area (Å²) in [5.41, 5.74) is 1.50. The lowest BCUT2D eigenvalue weighted by Crippen LogP contribution is -3.09. The molecule has 2 N–H and O–H groups in total. The normalized spacial score (nSPS) is 37.2. The van der Waals surface area contributed by atoms with E-state index in [1.165, 1.54) is 49.0 Å². The van der Waals surface area contributed by atoms with Crippen LogP contribution in [0.1, 0.15) is 44.1 Å². The van der Waals surface area contributed by atoms with E-state index < -0.39 is 0 Å². The number of hydrogen-bond donors (Lipinski definition) is 2. The molecule has 4 aliphatic rings. The van der Waals surface area contributed by atoms with Gasteiger partial charge in [0, 0.05) is 11.1 Å². The van der Waals surface area contributed by atoms with Crippen molar-refractivity contribution in [1.29, 1.82) is 0 Å². The number of rotatable bonds is 5. The Balaban J connectivity index is 1.34. The molecule has 4 fully saturated rings. The van der Waals surface area contributed by atoms with E-state index in [9.17, 15) is 4.79 Å². The Morgan fingerprint density at radius 3 is 2.45 bits per heavy atom. The lowest BCUT2D eigenvalue weighted by molar-refractivity contribution is -0.885. The maximum absolute atomic E-state index is 12.5. The van der Waals surface area contributed by atoms with Gasteiger partial charge in [-0.2, -0.15) is 11.3 Å². The molecule has 3 nitrogen and oxygen atoms in total. The van der Waals surface area contributed by atoms with E-state index >= 15 is 0 Å². The van der Waals surface area contributed by atoms with Gasteiger partial charge in [0.15, 0.2) is 6.54 Å². The highest BCUT2D eigenvalue weighted by molar-refractivity contribution is 7.07. The summed E-state index contributed by atoms with van der Waals surface area (Å²) in [4.78, 5) is 13.8. The summed E-state index contributed by atoms with van der Waals surface area (Å²) in [6.45, 7) is 1.54. The van der Waals surface area contributed by atoms with Gasteiger partial charge in [0.05, 0.1) is 7.05 Å². The van der Waals surface area contributed by atoms with Gasteiger partial charge < -0.3 is 10.2 Å². The van der Waals surface area contributed by atoms with Crippen molar-refractivity contribution in [2.24, 2.45) is 17.8 Å². The van der Waals surface area contributed by atoms with Crippen LogP contribution in [0.5, 0.6) is 0 Å². The summed E-state index contributed by atoms with van der Waals surface area (Å²) in [5, 5.41) is 7.77. The second-order valence-electron chi connectivity index (χ2n) is 8.19. The van der Waals surface area contributed by atoms with Crippen LogP contribution in [0.4, 0.5) is 0 Å². The molecule has 4 heteroatoms.